The predicted octanol–water partition coefficient (Wildman–Crippen LogP) is -1.06. The minimum Gasteiger partial charge on any atom is -0.380 e. The molecular weight excluding hydrogens is 136 g/mol. The van der Waals surface area contributed by atoms with Gasteiger partial charge in [-0.2, -0.15) is 0 Å². The Kier molecular flexibility index (Phi) is 4.04. The highest BCUT2D eigenvalue weighted by molar-refractivity contribution is 6.13. The predicted molar refractivity (Wildman–Crippen MR) is 38.6 cm³/mol. The maximum atomic E-state index is 5.04. The van der Waals surface area contributed by atoms with Gasteiger partial charge in [0.2, 0.25) is 0 Å². The van der Waals surface area contributed by atoms with Crippen LogP contribution in [-0.2, 0) is 14.2 Å². The van der Waals surface area contributed by atoms with E-state index in [1.165, 1.54) is 0 Å². The molecule has 56 valence electrons. The molecule has 3 nitrogen and oxygen atoms in total. The maximum Gasteiger partial charge on any atom is 0.163 e. The molecule has 0 aliphatic carbocycles. The van der Waals surface area contributed by atoms with E-state index in [0.29, 0.717) is 6.61 Å². The van der Waals surface area contributed by atoms with Crippen LogP contribution < -0.4 is 0 Å². The van der Waals surface area contributed by atoms with Crippen molar-refractivity contribution in [2.45, 2.75) is 5.41 Å². The molecule has 0 saturated heterocycles. The van der Waals surface area contributed by atoms with E-state index in [-0.39, 0.29) is 0 Å². The summed E-state index contributed by atoms with van der Waals surface area (Å²) in [5, 5.41) is 0. The lowest BCUT2D eigenvalue weighted by atomic mass is 10.6. The van der Waals surface area contributed by atoms with Crippen molar-refractivity contribution in [3.63, 3.8) is 0 Å². The van der Waals surface area contributed by atoms with Crippen LogP contribution in [0.1, 0.15) is 0 Å². The van der Waals surface area contributed by atoms with Crippen molar-refractivity contribution < 1.29 is 14.2 Å². The van der Waals surface area contributed by atoms with Gasteiger partial charge in [-0.05, 0) is 0 Å². The first kappa shape index (κ1) is 9.10. The normalized spacial score (nSPS) is 12.3. The topological polar surface area (TPSA) is 27.7 Å². The largest absolute Gasteiger partial charge is 0.380 e. The van der Waals surface area contributed by atoms with Crippen LogP contribution in [0.3, 0.4) is 0 Å². The smallest absolute Gasteiger partial charge is 0.163 e. The van der Waals surface area contributed by atoms with E-state index in [0.717, 1.165) is 10.2 Å². The Labute approximate surface area is 58.7 Å². The van der Waals surface area contributed by atoms with E-state index in [2.05, 4.69) is 0 Å². The molecule has 0 saturated carbocycles. The van der Waals surface area contributed by atoms with Gasteiger partial charge in [-0.1, -0.05) is 0 Å². The van der Waals surface area contributed by atoms with Crippen LogP contribution in [0.5, 0.6) is 0 Å². The lowest BCUT2D eigenvalue weighted by Gasteiger charge is -2.25. The molecule has 0 fully saturated rings. The Morgan fingerprint density at radius 3 is 1.78 bits per heavy atom. The third-order valence-electron chi connectivity index (χ3n) is 1.27. The molecule has 0 atom stereocenters. The minimum atomic E-state index is -0.450. The summed E-state index contributed by atoms with van der Waals surface area (Å²) in [6.07, 6.45) is 0. The van der Waals surface area contributed by atoms with Crippen molar-refractivity contribution in [1.82, 2.24) is 0 Å². The quantitative estimate of drug-likeness (QED) is 0.378. The van der Waals surface area contributed by atoms with Crippen molar-refractivity contribution in [2.75, 3.05) is 27.9 Å². The summed E-state index contributed by atoms with van der Waals surface area (Å²) < 4.78 is 15.0. The third kappa shape index (κ3) is 2.95. The standard InChI is InChI=1S/C5H14O3Si/c1-6-4-5(9,7-2)8-3/h4H2,1-3,9H3. The second kappa shape index (κ2) is 4.00. The van der Waals surface area contributed by atoms with Crippen LogP contribution >= 0.6 is 0 Å². The van der Waals surface area contributed by atoms with Gasteiger partial charge >= 0.3 is 0 Å². The highest BCUT2D eigenvalue weighted by Gasteiger charge is 2.20. The molecule has 0 N–H and O–H groups in total. The number of hydrogen-bond acceptors (Lipinski definition) is 3. The number of methoxy groups -OCH3 is 3. The summed E-state index contributed by atoms with van der Waals surface area (Å²) in [7, 11) is 5.68. The summed E-state index contributed by atoms with van der Waals surface area (Å²) in [5.74, 6) is 0. The van der Waals surface area contributed by atoms with Crippen LogP contribution in [0.15, 0.2) is 0 Å². The first-order valence-electron chi connectivity index (χ1n) is 2.78. The van der Waals surface area contributed by atoms with Crippen molar-refractivity contribution in [3.05, 3.63) is 0 Å². The average molecular weight is 150 g/mol. The van der Waals surface area contributed by atoms with Crippen LogP contribution in [0.25, 0.3) is 0 Å². The number of rotatable bonds is 4. The van der Waals surface area contributed by atoms with Gasteiger partial charge in [0.05, 0.1) is 16.8 Å². The molecule has 0 bridgehead atoms. The van der Waals surface area contributed by atoms with Crippen LogP contribution in [-0.4, -0.2) is 43.6 Å². The SMILES string of the molecule is COCC([SiH3])(OC)OC. The lowest BCUT2D eigenvalue weighted by molar-refractivity contribution is -0.170. The molecule has 0 aliphatic rings. The Balaban J connectivity index is 3.62. The maximum absolute atomic E-state index is 5.04. The molecule has 4 heteroatoms. The molecule has 0 aliphatic heterocycles. The summed E-state index contributed by atoms with van der Waals surface area (Å²) in [6.45, 7) is 0.506. The zero-order chi connectivity index (χ0) is 7.33. The second-order valence-electron chi connectivity index (χ2n) is 1.98. The van der Waals surface area contributed by atoms with Gasteiger partial charge in [-0.3, -0.25) is 0 Å². The fraction of sp³-hybridized carbons (Fsp3) is 1.00. The van der Waals surface area contributed by atoms with Gasteiger partial charge in [0.25, 0.3) is 0 Å². The van der Waals surface area contributed by atoms with Gasteiger partial charge in [0.15, 0.2) is 5.41 Å². The fourth-order valence-corrected chi connectivity index (χ4v) is 0.752. The molecule has 0 unspecified atom stereocenters. The van der Waals surface area contributed by atoms with Crippen molar-refractivity contribution in [3.8, 4) is 0 Å². The van der Waals surface area contributed by atoms with E-state index < -0.39 is 5.41 Å². The van der Waals surface area contributed by atoms with E-state index in [9.17, 15) is 0 Å². The van der Waals surface area contributed by atoms with Gasteiger partial charge in [0, 0.05) is 21.3 Å². The number of ether oxygens (including phenoxy) is 3. The summed E-state index contributed by atoms with van der Waals surface area (Å²) >= 11 is 0. The monoisotopic (exact) mass is 150 g/mol. The zero-order valence-corrected chi connectivity index (χ0v) is 8.43. The average Bonchev–Trinajstić information content (AvgIpc) is 1.89. The lowest BCUT2D eigenvalue weighted by Crippen LogP contribution is -2.39. The van der Waals surface area contributed by atoms with Gasteiger partial charge < -0.3 is 14.2 Å². The van der Waals surface area contributed by atoms with Crippen LogP contribution in [0.2, 0.25) is 0 Å². The summed E-state index contributed by atoms with van der Waals surface area (Å²) in [4.78, 5) is 0. The first-order valence-corrected chi connectivity index (χ1v) is 3.78. The first-order chi connectivity index (χ1) is 4.18. The van der Waals surface area contributed by atoms with Crippen molar-refractivity contribution in [2.24, 2.45) is 0 Å². The Bertz CT molecular complexity index is 72.6. The Morgan fingerprint density at radius 1 is 1.22 bits per heavy atom. The van der Waals surface area contributed by atoms with Gasteiger partial charge in [-0.15, -0.1) is 0 Å². The minimum absolute atomic E-state index is 0.450. The molecule has 0 radical (unpaired) electrons. The molecule has 0 aromatic carbocycles. The van der Waals surface area contributed by atoms with E-state index in [4.69, 9.17) is 14.2 Å². The molecule has 0 heterocycles. The van der Waals surface area contributed by atoms with Gasteiger partial charge in [0.1, 0.15) is 0 Å². The molecule has 9 heavy (non-hydrogen) atoms. The summed E-state index contributed by atoms with van der Waals surface area (Å²) in [6, 6.07) is 0. The van der Waals surface area contributed by atoms with Crippen molar-refractivity contribution in [1.29, 1.82) is 0 Å². The van der Waals surface area contributed by atoms with E-state index in [1.807, 2.05) is 0 Å². The zero-order valence-electron chi connectivity index (χ0n) is 6.43. The highest BCUT2D eigenvalue weighted by atomic mass is 28.1. The van der Waals surface area contributed by atoms with Crippen LogP contribution in [0, 0.1) is 0 Å². The molecular formula is C5H14O3Si. The third-order valence-corrected chi connectivity index (χ3v) is 2.38. The van der Waals surface area contributed by atoms with Gasteiger partial charge in [-0.25, -0.2) is 0 Å². The summed E-state index contributed by atoms with van der Waals surface area (Å²) in [5.41, 5.74) is -0.450. The van der Waals surface area contributed by atoms with E-state index in [1.54, 1.807) is 21.3 Å². The number of hydrogen-bond donors (Lipinski definition) is 0. The molecule has 0 aromatic heterocycles. The second-order valence-corrected chi connectivity index (χ2v) is 3.50. The molecule has 0 rings (SSSR count). The fourth-order valence-electron chi connectivity index (χ4n) is 0.463. The van der Waals surface area contributed by atoms with Crippen molar-refractivity contribution >= 4 is 10.2 Å². The Morgan fingerprint density at radius 2 is 1.67 bits per heavy atom. The molecule has 0 aromatic rings. The molecule has 0 spiro atoms. The highest BCUT2D eigenvalue weighted by Crippen LogP contribution is 2.04. The van der Waals surface area contributed by atoms with Crippen LogP contribution in [0.4, 0.5) is 0 Å². The molecule has 0 amide bonds. The Hall–Kier alpha value is 0.0969. The van der Waals surface area contributed by atoms with E-state index >= 15 is 0 Å².